The van der Waals surface area contributed by atoms with Gasteiger partial charge in [0.15, 0.2) is 23.0 Å². The maximum atomic E-state index is 12.6. The second-order valence-corrected chi connectivity index (χ2v) is 6.85. The lowest BCUT2D eigenvalue weighted by Crippen LogP contribution is -2.46. The lowest BCUT2D eigenvalue weighted by molar-refractivity contribution is -0.120. The van der Waals surface area contributed by atoms with E-state index in [0.717, 1.165) is 0 Å². The van der Waals surface area contributed by atoms with Crippen LogP contribution in [0.3, 0.4) is 0 Å². The van der Waals surface area contributed by atoms with Crippen LogP contribution in [0, 0.1) is 0 Å². The molecule has 0 atom stereocenters. The monoisotopic (exact) mass is 473 g/mol. The second kappa shape index (κ2) is 11.6. The van der Waals surface area contributed by atoms with Crippen LogP contribution in [0.5, 0.6) is 28.7 Å². The molecule has 0 aromatic heterocycles. The Morgan fingerprint density at radius 3 is 2.09 bits per heavy atom. The van der Waals surface area contributed by atoms with Crippen LogP contribution in [0.4, 0.5) is 0 Å². The topological polar surface area (TPSA) is 133 Å². The van der Waals surface area contributed by atoms with E-state index in [1.165, 1.54) is 18.2 Å². The maximum absolute atomic E-state index is 12.6. The Balaban J connectivity index is 1.57. The molecule has 0 bridgehead atoms. The first-order chi connectivity index (χ1) is 16.5. The minimum absolute atomic E-state index is 0.0923. The Bertz CT molecular complexity index is 1030. The Labute approximate surface area is 196 Å². The summed E-state index contributed by atoms with van der Waals surface area (Å²) in [6.07, 6.45) is 0. The number of amides is 3. The molecule has 11 nitrogen and oxygen atoms in total. The number of nitrogens with one attached hydrogen (secondary N) is 3. The van der Waals surface area contributed by atoms with Crippen LogP contribution >= 0.6 is 0 Å². The Morgan fingerprint density at radius 2 is 1.44 bits per heavy atom. The predicted octanol–water partition coefficient (Wildman–Crippen LogP) is 1.80. The van der Waals surface area contributed by atoms with Crippen LogP contribution in [-0.2, 0) is 4.79 Å². The van der Waals surface area contributed by atoms with Gasteiger partial charge >= 0.3 is 0 Å². The predicted molar refractivity (Wildman–Crippen MR) is 120 cm³/mol. The van der Waals surface area contributed by atoms with E-state index >= 15 is 0 Å². The van der Waals surface area contributed by atoms with Crippen molar-refractivity contribution in [2.45, 2.75) is 20.8 Å². The van der Waals surface area contributed by atoms with Crippen molar-refractivity contribution in [1.29, 1.82) is 0 Å². The molecule has 0 saturated carbocycles. The molecule has 34 heavy (non-hydrogen) atoms. The van der Waals surface area contributed by atoms with Crippen LogP contribution in [0.2, 0.25) is 0 Å². The van der Waals surface area contributed by atoms with E-state index in [1.807, 2.05) is 6.92 Å². The van der Waals surface area contributed by atoms with Gasteiger partial charge in [0.05, 0.1) is 26.4 Å². The highest BCUT2D eigenvalue weighted by Gasteiger charge is 2.19. The molecule has 0 radical (unpaired) electrons. The largest absolute Gasteiger partial charge is 0.490 e. The lowest BCUT2D eigenvalue weighted by atomic mass is 10.1. The highest BCUT2D eigenvalue weighted by atomic mass is 16.7. The second-order valence-electron chi connectivity index (χ2n) is 6.85. The minimum Gasteiger partial charge on any atom is -0.490 e. The summed E-state index contributed by atoms with van der Waals surface area (Å²) in [5.41, 5.74) is 5.07. The number of hydrazine groups is 1. The summed E-state index contributed by atoms with van der Waals surface area (Å²) >= 11 is 0. The van der Waals surface area contributed by atoms with Gasteiger partial charge in [-0.05, 0) is 51.1 Å². The van der Waals surface area contributed by atoms with Crippen LogP contribution < -0.4 is 39.9 Å². The molecule has 1 heterocycles. The SMILES string of the molecule is CCOc1cc(C(=O)NNC(=O)CNC(=O)c2ccc3c(c2)OCO3)cc(OCC)c1OCC. The quantitative estimate of drug-likeness (QED) is 0.445. The van der Waals surface area contributed by atoms with Gasteiger partial charge < -0.3 is 29.0 Å². The summed E-state index contributed by atoms with van der Waals surface area (Å²) in [5, 5.41) is 2.47. The number of ether oxygens (including phenoxy) is 5. The third-order valence-corrected chi connectivity index (χ3v) is 4.53. The van der Waals surface area contributed by atoms with Crippen LogP contribution in [-0.4, -0.2) is 50.9 Å². The number of benzene rings is 2. The maximum Gasteiger partial charge on any atom is 0.269 e. The smallest absolute Gasteiger partial charge is 0.269 e. The third-order valence-electron chi connectivity index (χ3n) is 4.53. The van der Waals surface area contributed by atoms with Gasteiger partial charge in [-0.2, -0.15) is 0 Å². The number of rotatable bonds is 10. The zero-order valence-corrected chi connectivity index (χ0v) is 19.2. The minimum atomic E-state index is -0.622. The van der Waals surface area contributed by atoms with Gasteiger partial charge in [0.2, 0.25) is 12.5 Å². The summed E-state index contributed by atoms with van der Waals surface area (Å²) in [7, 11) is 0. The van der Waals surface area contributed by atoms with E-state index in [1.54, 1.807) is 26.0 Å². The van der Waals surface area contributed by atoms with Crippen molar-refractivity contribution in [2.75, 3.05) is 33.2 Å². The van der Waals surface area contributed by atoms with E-state index in [0.29, 0.717) is 54.1 Å². The van der Waals surface area contributed by atoms with Crippen LogP contribution in [0.15, 0.2) is 30.3 Å². The zero-order chi connectivity index (χ0) is 24.5. The zero-order valence-electron chi connectivity index (χ0n) is 19.2. The summed E-state index contributed by atoms with van der Waals surface area (Å²) in [6.45, 7) is 6.28. The van der Waals surface area contributed by atoms with E-state index in [-0.39, 0.29) is 18.9 Å². The molecule has 3 N–H and O–H groups in total. The van der Waals surface area contributed by atoms with Gasteiger partial charge in [-0.3, -0.25) is 25.2 Å². The van der Waals surface area contributed by atoms with Gasteiger partial charge in [0, 0.05) is 11.1 Å². The molecule has 3 rings (SSSR count). The molecule has 11 heteroatoms. The molecule has 0 spiro atoms. The first-order valence-corrected chi connectivity index (χ1v) is 10.8. The highest BCUT2D eigenvalue weighted by Crippen LogP contribution is 2.39. The molecule has 2 aromatic rings. The molecular formula is C23H27N3O8. The number of carbonyl (C=O) groups excluding carboxylic acids is 3. The van der Waals surface area contributed by atoms with E-state index < -0.39 is 17.7 Å². The van der Waals surface area contributed by atoms with Gasteiger partial charge in [-0.15, -0.1) is 0 Å². The third kappa shape index (κ3) is 6.00. The fourth-order valence-corrected chi connectivity index (χ4v) is 3.06. The van der Waals surface area contributed by atoms with Crippen molar-refractivity contribution in [2.24, 2.45) is 0 Å². The number of fused-ring (bicyclic) bond motifs is 1. The summed E-state index contributed by atoms with van der Waals surface area (Å²) in [6, 6.07) is 7.69. The van der Waals surface area contributed by atoms with E-state index in [9.17, 15) is 14.4 Å². The molecule has 0 saturated heterocycles. The lowest BCUT2D eigenvalue weighted by Gasteiger charge is -2.17. The standard InChI is InChI=1S/C23H27N3O8/c1-4-30-18-10-15(11-19(31-5-2)21(18)32-6-3)23(29)26-25-20(27)12-24-22(28)14-7-8-16-17(9-14)34-13-33-16/h7-11H,4-6,12-13H2,1-3H3,(H,24,28)(H,25,27)(H,26,29). The van der Waals surface area contributed by atoms with Gasteiger partial charge in [-0.25, -0.2) is 0 Å². The summed E-state index contributed by atoms with van der Waals surface area (Å²) in [5.74, 6) is 0.408. The molecule has 0 fully saturated rings. The molecular weight excluding hydrogens is 446 g/mol. The van der Waals surface area contributed by atoms with E-state index in [2.05, 4.69) is 16.2 Å². The molecule has 182 valence electrons. The average molecular weight is 473 g/mol. The van der Waals surface area contributed by atoms with Crippen molar-refractivity contribution in [3.05, 3.63) is 41.5 Å². The fourth-order valence-electron chi connectivity index (χ4n) is 3.06. The number of carbonyl (C=O) groups is 3. The molecule has 2 aromatic carbocycles. The molecule has 1 aliphatic heterocycles. The normalized spacial score (nSPS) is 11.4. The number of hydrogen-bond acceptors (Lipinski definition) is 8. The Hall–Kier alpha value is -4.15. The highest BCUT2D eigenvalue weighted by molar-refractivity contribution is 5.99. The van der Waals surface area contributed by atoms with Crippen molar-refractivity contribution in [1.82, 2.24) is 16.2 Å². The van der Waals surface area contributed by atoms with Crippen LogP contribution in [0.1, 0.15) is 41.5 Å². The van der Waals surface area contributed by atoms with Crippen molar-refractivity contribution in [3.8, 4) is 28.7 Å². The average Bonchev–Trinajstić information content (AvgIpc) is 3.31. The summed E-state index contributed by atoms with van der Waals surface area (Å²) in [4.78, 5) is 37.0. The Kier molecular flexibility index (Phi) is 8.38. The van der Waals surface area contributed by atoms with Crippen molar-refractivity contribution in [3.63, 3.8) is 0 Å². The van der Waals surface area contributed by atoms with Gasteiger partial charge in [0.1, 0.15) is 0 Å². The molecule has 1 aliphatic rings. The first kappa shape index (κ1) is 24.5. The molecule has 0 aliphatic carbocycles. The fraction of sp³-hybridized carbons (Fsp3) is 0.348. The molecule has 0 unspecified atom stereocenters. The van der Waals surface area contributed by atoms with Crippen molar-refractivity contribution >= 4 is 17.7 Å². The van der Waals surface area contributed by atoms with E-state index in [4.69, 9.17) is 23.7 Å². The van der Waals surface area contributed by atoms with Crippen molar-refractivity contribution < 1.29 is 38.1 Å². The summed E-state index contributed by atoms with van der Waals surface area (Å²) < 4.78 is 27.2. The number of hydrogen-bond donors (Lipinski definition) is 3. The Morgan fingerprint density at radius 1 is 0.794 bits per heavy atom. The first-order valence-electron chi connectivity index (χ1n) is 10.8. The molecule has 3 amide bonds. The van der Waals surface area contributed by atoms with Gasteiger partial charge in [0.25, 0.3) is 17.7 Å². The van der Waals surface area contributed by atoms with Crippen LogP contribution in [0.25, 0.3) is 0 Å². The van der Waals surface area contributed by atoms with Gasteiger partial charge in [-0.1, -0.05) is 0 Å².